The van der Waals surface area contributed by atoms with Crippen molar-refractivity contribution >= 4 is 27.3 Å². The van der Waals surface area contributed by atoms with Gasteiger partial charge >= 0.3 is 0 Å². The molecule has 1 aliphatic heterocycles. The molecule has 0 saturated carbocycles. The fourth-order valence-electron chi connectivity index (χ4n) is 3.10. The van der Waals surface area contributed by atoms with E-state index in [0.29, 0.717) is 6.54 Å². The molecule has 0 bridgehead atoms. The van der Waals surface area contributed by atoms with E-state index in [4.69, 9.17) is 0 Å². The van der Waals surface area contributed by atoms with Crippen molar-refractivity contribution in [1.29, 1.82) is 0 Å². The van der Waals surface area contributed by atoms with Crippen LogP contribution in [0, 0.1) is 6.92 Å². The molecule has 6 nitrogen and oxygen atoms in total. The summed E-state index contributed by atoms with van der Waals surface area (Å²) < 4.78 is 22.9. The van der Waals surface area contributed by atoms with Crippen molar-refractivity contribution in [2.45, 2.75) is 39.2 Å². The van der Waals surface area contributed by atoms with Crippen molar-refractivity contribution in [1.82, 2.24) is 4.90 Å². The Balaban J connectivity index is 2.23. The number of carbonyl (C=O) groups excluding carboxylic acids is 2. The fourth-order valence-corrected chi connectivity index (χ4v) is 3.72. The van der Waals surface area contributed by atoms with Crippen LogP contribution in [-0.2, 0) is 19.4 Å². The van der Waals surface area contributed by atoms with E-state index in [1.165, 1.54) is 4.90 Å². The predicted octanol–water partition coefficient (Wildman–Crippen LogP) is 1.77. The summed E-state index contributed by atoms with van der Waals surface area (Å²) in [4.78, 5) is 28.2. The Morgan fingerprint density at radius 2 is 2.04 bits per heavy atom. The molecular weight excluding hydrogens is 340 g/mol. The lowest BCUT2D eigenvalue weighted by Crippen LogP contribution is -2.59. The number of anilines is 1. The largest absolute Gasteiger partial charge is 0.328 e. The van der Waals surface area contributed by atoms with Crippen LogP contribution in [0.15, 0.2) is 24.3 Å². The minimum atomic E-state index is -3.42. The lowest BCUT2D eigenvalue weighted by molar-refractivity contribution is -0.137. The highest BCUT2D eigenvalue weighted by atomic mass is 32.2. The SMILES string of the molecule is CCCC[C@H]1CN(c2cccc(C)c2)C(=O)CN1C(=O)CS(C)(=O)=O. The molecule has 0 aromatic heterocycles. The van der Waals surface area contributed by atoms with E-state index in [-0.39, 0.29) is 18.5 Å². The maximum absolute atomic E-state index is 12.6. The van der Waals surface area contributed by atoms with Gasteiger partial charge in [-0.25, -0.2) is 8.42 Å². The number of piperazine rings is 1. The monoisotopic (exact) mass is 366 g/mol. The van der Waals surface area contributed by atoms with Crippen molar-refractivity contribution in [2.75, 3.05) is 30.0 Å². The first kappa shape index (κ1) is 19.4. The highest BCUT2D eigenvalue weighted by molar-refractivity contribution is 7.91. The molecule has 138 valence electrons. The molecule has 1 aliphatic rings. The zero-order valence-corrected chi connectivity index (χ0v) is 15.9. The third-order valence-corrected chi connectivity index (χ3v) is 5.12. The number of rotatable bonds is 6. The van der Waals surface area contributed by atoms with Gasteiger partial charge in [0.25, 0.3) is 0 Å². The number of benzene rings is 1. The van der Waals surface area contributed by atoms with Gasteiger partial charge in [-0.3, -0.25) is 9.59 Å². The number of hydrogen-bond donors (Lipinski definition) is 0. The first-order chi connectivity index (χ1) is 11.7. The molecular formula is C18H26N2O4S. The highest BCUT2D eigenvalue weighted by Gasteiger charge is 2.36. The Hall–Kier alpha value is -1.89. The number of nitrogens with zero attached hydrogens (tertiary/aromatic N) is 2. The van der Waals surface area contributed by atoms with E-state index in [1.54, 1.807) is 4.90 Å². The van der Waals surface area contributed by atoms with E-state index in [9.17, 15) is 18.0 Å². The molecule has 0 spiro atoms. The van der Waals surface area contributed by atoms with E-state index < -0.39 is 21.5 Å². The van der Waals surface area contributed by atoms with Crippen LogP contribution in [0.3, 0.4) is 0 Å². The van der Waals surface area contributed by atoms with E-state index >= 15 is 0 Å². The Bertz CT molecular complexity index is 745. The van der Waals surface area contributed by atoms with Crippen LogP contribution in [-0.4, -0.2) is 56.3 Å². The second kappa shape index (κ2) is 7.99. The molecule has 1 aromatic carbocycles. The summed E-state index contributed by atoms with van der Waals surface area (Å²) in [5.41, 5.74) is 1.88. The maximum Gasteiger partial charge on any atom is 0.246 e. The van der Waals surface area contributed by atoms with Gasteiger partial charge in [0.15, 0.2) is 9.84 Å². The van der Waals surface area contributed by atoms with Gasteiger partial charge in [0.05, 0.1) is 6.04 Å². The van der Waals surface area contributed by atoms with Crippen LogP contribution < -0.4 is 4.90 Å². The molecule has 1 fully saturated rings. The molecule has 0 N–H and O–H groups in total. The van der Waals surface area contributed by atoms with Gasteiger partial charge < -0.3 is 9.80 Å². The molecule has 7 heteroatoms. The summed E-state index contributed by atoms with van der Waals surface area (Å²) in [5, 5.41) is 0. The summed E-state index contributed by atoms with van der Waals surface area (Å²) in [6, 6.07) is 7.54. The third kappa shape index (κ3) is 5.29. The molecule has 1 atom stereocenters. The molecule has 1 heterocycles. The molecule has 0 aliphatic carbocycles. The van der Waals surface area contributed by atoms with Crippen LogP contribution in [0.4, 0.5) is 5.69 Å². The normalized spacial score (nSPS) is 18.5. The Morgan fingerprint density at radius 1 is 1.32 bits per heavy atom. The quantitative estimate of drug-likeness (QED) is 0.769. The number of aryl methyl sites for hydroxylation is 1. The van der Waals surface area contributed by atoms with Crippen molar-refractivity contribution in [3.8, 4) is 0 Å². The second-order valence-electron chi connectivity index (χ2n) is 6.73. The van der Waals surface area contributed by atoms with Gasteiger partial charge in [-0.2, -0.15) is 0 Å². The fraction of sp³-hybridized carbons (Fsp3) is 0.556. The Morgan fingerprint density at radius 3 is 2.64 bits per heavy atom. The Kier molecular flexibility index (Phi) is 6.21. The smallest absolute Gasteiger partial charge is 0.246 e. The van der Waals surface area contributed by atoms with Gasteiger partial charge in [-0.05, 0) is 31.0 Å². The molecule has 1 aromatic rings. The molecule has 2 rings (SSSR count). The van der Waals surface area contributed by atoms with Crippen LogP contribution in [0.25, 0.3) is 0 Å². The van der Waals surface area contributed by atoms with Crippen LogP contribution >= 0.6 is 0 Å². The summed E-state index contributed by atoms with van der Waals surface area (Å²) >= 11 is 0. The standard InChI is InChI=1S/C18H26N2O4S/c1-4-5-8-16-11-19(15-9-6-7-14(2)10-15)17(21)12-20(16)18(22)13-25(3,23)24/h6-7,9-10,16H,4-5,8,11-13H2,1-3H3/t16-/m0/s1. The van der Waals surface area contributed by atoms with Gasteiger partial charge in [0.1, 0.15) is 12.3 Å². The van der Waals surface area contributed by atoms with Crippen molar-refractivity contribution in [2.24, 2.45) is 0 Å². The van der Waals surface area contributed by atoms with Gasteiger partial charge in [-0.15, -0.1) is 0 Å². The minimum Gasteiger partial charge on any atom is -0.328 e. The average Bonchev–Trinajstić information content (AvgIpc) is 2.51. The minimum absolute atomic E-state index is 0.0727. The summed E-state index contributed by atoms with van der Waals surface area (Å²) in [7, 11) is -3.42. The van der Waals surface area contributed by atoms with Gasteiger partial charge in [-0.1, -0.05) is 31.9 Å². The summed E-state index contributed by atoms with van der Waals surface area (Å²) in [6.45, 7) is 4.36. The van der Waals surface area contributed by atoms with Gasteiger partial charge in [0, 0.05) is 18.5 Å². The highest BCUT2D eigenvalue weighted by Crippen LogP contribution is 2.23. The lowest BCUT2D eigenvalue weighted by Gasteiger charge is -2.41. The Labute approximate surface area is 149 Å². The first-order valence-electron chi connectivity index (χ1n) is 8.55. The van der Waals surface area contributed by atoms with Gasteiger partial charge in [0.2, 0.25) is 11.8 Å². The second-order valence-corrected chi connectivity index (χ2v) is 8.87. The van der Waals surface area contributed by atoms with E-state index in [2.05, 4.69) is 6.92 Å². The summed E-state index contributed by atoms with van der Waals surface area (Å²) in [5.74, 6) is -1.21. The topological polar surface area (TPSA) is 74.8 Å². The van der Waals surface area contributed by atoms with Crippen molar-refractivity contribution < 1.29 is 18.0 Å². The van der Waals surface area contributed by atoms with E-state index in [1.807, 2.05) is 31.2 Å². The number of sulfone groups is 1. The molecule has 1 saturated heterocycles. The maximum atomic E-state index is 12.6. The first-order valence-corrected chi connectivity index (χ1v) is 10.6. The lowest BCUT2D eigenvalue weighted by atomic mass is 10.0. The molecule has 2 amide bonds. The zero-order valence-electron chi connectivity index (χ0n) is 15.1. The summed E-state index contributed by atoms with van der Waals surface area (Å²) in [6.07, 6.45) is 3.69. The van der Waals surface area contributed by atoms with Crippen molar-refractivity contribution in [3.05, 3.63) is 29.8 Å². The number of carbonyl (C=O) groups is 2. The number of unbranched alkanes of at least 4 members (excludes halogenated alkanes) is 1. The van der Waals surface area contributed by atoms with E-state index in [0.717, 1.165) is 36.8 Å². The van der Waals surface area contributed by atoms with Crippen LogP contribution in [0.5, 0.6) is 0 Å². The van der Waals surface area contributed by atoms with Crippen LogP contribution in [0.1, 0.15) is 31.7 Å². The predicted molar refractivity (Wildman–Crippen MR) is 98.3 cm³/mol. The van der Waals surface area contributed by atoms with Crippen LogP contribution in [0.2, 0.25) is 0 Å². The third-order valence-electron chi connectivity index (χ3n) is 4.35. The molecule has 0 unspecified atom stereocenters. The molecule has 25 heavy (non-hydrogen) atoms. The van der Waals surface area contributed by atoms with Crippen molar-refractivity contribution in [3.63, 3.8) is 0 Å². The zero-order chi connectivity index (χ0) is 18.6. The molecule has 0 radical (unpaired) electrons. The number of hydrogen-bond acceptors (Lipinski definition) is 4. The number of amides is 2. The average molecular weight is 366 g/mol.